The van der Waals surface area contributed by atoms with Gasteiger partial charge < -0.3 is 19.6 Å². The first-order chi connectivity index (χ1) is 17.0. The molecule has 2 heterocycles. The first-order valence-corrected chi connectivity index (χ1v) is 11.1. The fraction of sp³-hybridized carbons (Fsp3) is 0.231. The third-order valence-corrected chi connectivity index (χ3v) is 5.39. The van der Waals surface area contributed by atoms with Crippen LogP contribution in [-0.4, -0.2) is 34.4 Å². The highest BCUT2D eigenvalue weighted by Gasteiger charge is 2.26. The van der Waals surface area contributed by atoms with Gasteiger partial charge in [0, 0.05) is 6.54 Å². The number of ether oxygens (including phenoxy) is 2. The second-order valence-corrected chi connectivity index (χ2v) is 7.69. The molecule has 0 aliphatic rings. The van der Waals surface area contributed by atoms with Gasteiger partial charge in [0.2, 0.25) is 0 Å². The highest BCUT2D eigenvalue weighted by molar-refractivity contribution is 6.04. The second-order valence-electron chi connectivity index (χ2n) is 7.69. The van der Waals surface area contributed by atoms with Crippen molar-refractivity contribution in [2.24, 2.45) is 0 Å². The first-order valence-electron chi connectivity index (χ1n) is 11.1. The molecule has 4 rings (SSSR count). The summed E-state index contributed by atoms with van der Waals surface area (Å²) in [4.78, 5) is 41.0. The molecule has 0 atom stereocenters. The van der Waals surface area contributed by atoms with Crippen molar-refractivity contribution in [2.75, 3.05) is 19.0 Å². The summed E-state index contributed by atoms with van der Waals surface area (Å²) in [5, 5.41) is 3.73. The standard InChI is InChI=1S/C26H26N4O5/c1-4-34-26(32)22-23(27-14-19-11-8-12-20(13-19)33-3)21-17(2)28-16-29-24(21)30(25(22)31)35-15-18-9-6-5-7-10-18/h5-13,16,27H,4,14-15H2,1-3H3. The molecule has 2 aromatic carbocycles. The van der Waals surface area contributed by atoms with Crippen LogP contribution < -0.4 is 20.5 Å². The van der Waals surface area contributed by atoms with Gasteiger partial charge in [-0.05, 0) is 37.1 Å². The van der Waals surface area contributed by atoms with E-state index in [4.69, 9.17) is 14.3 Å². The topological polar surface area (TPSA) is 105 Å². The Morgan fingerprint density at radius 2 is 1.83 bits per heavy atom. The summed E-state index contributed by atoms with van der Waals surface area (Å²) in [5.41, 5.74) is 2.03. The van der Waals surface area contributed by atoms with Crippen molar-refractivity contribution in [3.63, 3.8) is 0 Å². The van der Waals surface area contributed by atoms with Crippen LogP contribution in [0.4, 0.5) is 5.69 Å². The Hall–Kier alpha value is -4.40. The Balaban J connectivity index is 1.84. The zero-order chi connectivity index (χ0) is 24.8. The maximum absolute atomic E-state index is 13.6. The molecule has 0 spiro atoms. The average Bonchev–Trinajstić information content (AvgIpc) is 2.87. The molecular formula is C26H26N4O5. The molecule has 180 valence electrons. The number of carbonyl (C=O) groups excluding carboxylic acids is 1. The number of esters is 1. The number of carbonyl (C=O) groups is 1. The number of pyridine rings is 1. The monoisotopic (exact) mass is 474 g/mol. The summed E-state index contributed by atoms with van der Waals surface area (Å²) in [6.45, 7) is 4.00. The van der Waals surface area contributed by atoms with E-state index < -0.39 is 11.5 Å². The Labute approximate surface area is 202 Å². The van der Waals surface area contributed by atoms with E-state index >= 15 is 0 Å². The third-order valence-electron chi connectivity index (χ3n) is 5.39. The van der Waals surface area contributed by atoms with Crippen LogP contribution in [-0.2, 0) is 17.9 Å². The Morgan fingerprint density at radius 1 is 1.06 bits per heavy atom. The molecule has 0 aliphatic heterocycles. The maximum atomic E-state index is 13.6. The molecular weight excluding hydrogens is 448 g/mol. The lowest BCUT2D eigenvalue weighted by Gasteiger charge is -2.19. The molecule has 9 nitrogen and oxygen atoms in total. The van der Waals surface area contributed by atoms with Crippen LogP contribution in [0.15, 0.2) is 65.7 Å². The van der Waals surface area contributed by atoms with Crippen molar-refractivity contribution in [2.45, 2.75) is 27.0 Å². The Bertz CT molecular complexity index is 1400. The number of nitrogens with one attached hydrogen (secondary N) is 1. The number of hydrogen-bond donors (Lipinski definition) is 1. The van der Waals surface area contributed by atoms with Gasteiger partial charge in [-0.2, -0.15) is 0 Å². The minimum atomic E-state index is -0.757. The SMILES string of the molecule is CCOC(=O)c1c(NCc2cccc(OC)c2)c2c(C)ncnc2n(OCc2ccccc2)c1=O. The Kier molecular flexibility index (Phi) is 7.25. The van der Waals surface area contributed by atoms with E-state index in [2.05, 4.69) is 15.3 Å². The molecule has 0 aliphatic carbocycles. The quantitative estimate of drug-likeness (QED) is 0.368. The average molecular weight is 475 g/mol. The van der Waals surface area contributed by atoms with Crippen LogP contribution in [0.1, 0.15) is 34.1 Å². The van der Waals surface area contributed by atoms with E-state index in [1.807, 2.05) is 54.6 Å². The van der Waals surface area contributed by atoms with Crippen LogP contribution in [0, 0.1) is 6.92 Å². The molecule has 0 bridgehead atoms. The van der Waals surface area contributed by atoms with Crippen molar-refractivity contribution < 1.29 is 19.1 Å². The molecule has 0 amide bonds. The molecule has 4 aromatic rings. The fourth-order valence-corrected chi connectivity index (χ4v) is 3.71. The second kappa shape index (κ2) is 10.7. The Morgan fingerprint density at radius 3 is 2.57 bits per heavy atom. The van der Waals surface area contributed by atoms with Crippen molar-refractivity contribution >= 4 is 22.7 Å². The molecule has 2 aromatic heterocycles. The van der Waals surface area contributed by atoms with Gasteiger partial charge in [-0.3, -0.25) is 4.79 Å². The molecule has 0 saturated carbocycles. The van der Waals surface area contributed by atoms with Crippen LogP contribution >= 0.6 is 0 Å². The molecule has 9 heteroatoms. The fourth-order valence-electron chi connectivity index (χ4n) is 3.71. The smallest absolute Gasteiger partial charge is 0.346 e. The number of aromatic nitrogens is 3. The van der Waals surface area contributed by atoms with E-state index in [0.29, 0.717) is 29.1 Å². The van der Waals surface area contributed by atoms with E-state index in [1.54, 1.807) is 21.0 Å². The molecule has 35 heavy (non-hydrogen) atoms. The van der Waals surface area contributed by atoms with Gasteiger partial charge in [0.15, 0.2) is 11.2 Å². The number of aryl methyl sites for hydroxylation is 1. The summed E-state index contributed by atoms with van der Waals surface area (Å²) < 4.78 is 11.6. The summed E-state index contributed by atoms with van der Waals surface area (Å²) in [6.07, 6.45) is 1.36. The number of benzene rings is 2. The van der Waals surface area contributed by atoms with Gasteiger partial charge in [-0.25, -0.2) is 14.8 Å². The molecule has 0 saturated heterocycles. The van der Waals surface area contributed by atoms with E-state index in [1.165, 1.54) is 6.33 Å². The lowest BCUT2D eigenvalue weighted by Crippen LogP contribution is -2.34. The molecule has 0 radical (unpaired) electrons. The summed E-state index contributed by atoms with van der Waals surface area (Å²) in [6, 6.07) is 16.9. The van der Waals surface area contributed by atoms with Gasteiger partial charge in [0.1, 0.15) is 18.7 Å². The van der Waals surface area contributed by atoms with Crippen molar-refractivity contribution in [3.8, 4) is 5.75 Å². The predicted molar refractivity (Wildman–Crippen MR) is 132 cm³/mol. The molecule has 0 unspecified atom stereocenters. The lowest BCUT2D eigenvalue weighted by atomic mass is 10.1. The molecule has 1 N–H and O–H groups in total. The number of rotatable bonds is 9. The van der Waals surface area contributed by atoms with Crippen LogP contribution in [0.3, 0.4) is 0 Å². The van der Waals surface area contributed by atoms with Gasteiger partial charge in [0.05, 0.1) is 30.5 Å². The van der Waals surface area contributed by atoms with Crippen LogP contribution in [0.2, 0.25) is 0 Å². The summed E-state index contributed by atoms with van der Waals surface area (Å²) >= 11 is 0. The molecule has 0 fully saturated rings. The lowest BCUT2D eigenvalue weighted by molar-refractivity contribution is 0.0513. The van der Waals surface area contributed by atoms with E-state index in [9.17, 15) is 9.59 Å². The normalized spacial score (nSPS) is 10.7. The largest absolute Gasteiger partial charge is 0.497 e. The van der Waals surface area contributed by atoms with Crippen LogP contribution in [0.5, 0.6) is 5.75 Å². The summed E-state index contributed by atoms with van der Waals surface area (Å²) in [5.74, 6) is -0.0585. The zero-order valence-electron chi connectivity index (χ0n) is 19.8. The number of methoxy groups -OCH3 is 1. The zero-order valence-corrected chi connectivity index (χ0v) is 19.8. The number of nitrogens with zero attached hydrogens (tertiary/aromatic N) is 3. The number of anilines is 1. The van der Waals surface area contributed by atoms with Crippen molar-refractivity contribution in [1.82, 2.24) is 14.7 Å². The number of hydrogen-bond acceptors (Lipinski definition) is 8. The first kappa shape index (κ1) is 23.7. The van der Waals surface area contributed by atoms with Gasteiger partial charge >= 0.3 is 11.5 Å². The van der Waals surface area contributed by atoms with Crippen molar-refractivity contribution in [3.05, 3.63) is 93.7 Å². The third kappa shape index (κ3) is 5.08. The van der Waals surface area contributed by atoms with E-state index in [0.717, 1.165) is 15.9 Å². The van der Waals surface area contributed by atoms with Crippen LogP contribution in [0.25, 0.3) is 11.0 Å². The van der Waals surface area contributed by atoms with Crippen molar-refractivity contribution in [1.29, 1.82) is 0 Å². The van der Waals surface area contributed by atoms with Gasteiger partial charge in [0.25, 0.3) is 0 Å². The van der Waals surface area contributed by atoms with Gasteiger partial charge in [-0.15, -0.1) is 4.73 Å². The predicted octanol–water partition coefficient (Wildman–Crippen LogP) is 3.53. The minimum absolute atomic E-state index is 0.109. The minimum Gasteiger partial charge on any atom is -0.497 e. The highest BCUT2D eigenvalue weighted by atomic mass is 16.7. The number of fused-ring (bicyclic) bond motifs is 1. The van der Waals surface area contributed by atoms with Gasteiger partial charge in [-0.1, -0.05) is 42.5 Å². The van der Waals surface area contributed by atoms with E-state index in [-0.39, 0.29) is 24.4 Å². The summed E-state index contributed by atoms with van der Waals surface area (Å²) in [7, 11) is 1.59. The maximum Gasteiger partial charge on any atom is 0.346 e. The highest BCUT2D eigenvalue weighted by Crippen LogP contribution is 2.27.